The van der Waals surface area contributed by atoms with Gasteiger partial charge in [0.1, 0.15) is 0 Å². The second-order valence-corrected chi connectivity index (χ2v) is 6.38. The van der Waals surface area contributed by atoms with Gasteiger partial charge < -0.3 is 15.7 Å². The van der Waals surface area contributed by atoms with Crippen molar-refractivity contribution in [2.45, 2.75) is 70.4 Å². The van der Waals surface area contributed by atoms with Gasteiger partial charge in [-0.15, -0.1) is 0 Å². The van der Waals surface area contributed by atoms with Crippen LogP contribution in [0.15, 0.2) is 0 Å². The van der Waals surface area contributed by atoms with Crippen LogP contribution in [0.5, 0.6) is 0 Å². The molecule has 20 heavy (non-hydrogen) atoms. The molecule has 0 heterocycles. The Hall–Kier alpha value is -1.26. The molecule has 114 valence electrons. The van der Waals surface area contributed by atoms with Gasteiger partial charge in [0.2, 0.25) is 0 Å². The van der Waals surface area contributed by atoms with E-state index in [2.05, 4.69) is 17.6 Å². The molecule has 0 aliphatic heterocycles. The molecule has 0 aromatic heterocycles. The van der Waals surface area contributed by atoms with Crippen LogP contribution in [0.25, 0.3) is 0 Å². The van der Waals surface area contributed by atoms with Crippen LogP contribution in [-0.2, 0) is 4.79 Å². The number of carbonyl (C=O) groups is 2. The van der Waals surface area contributed by atoms with Crippen LogP contribution in [-0.4, -0.2) is 29.2 Å². The summed E-state index contributed by atoms with van der Waals surface area (Å²) < 4.78 is 0. The predicted octanol–water partition coefficient (Wildman–Crippen LogP) is 2.51. The molecular weight excluding hydrogens is 256 g/mol. The number of amides is 2. The van der Waals surface area contributed by atoms with Gasteiger partial charge in [0.05, 0.1) is 6.42 Å². The van der Waals surface area contributed by atoms with Gasteiger partial charge in [-0.3, -0.25) is 4.79 Å². The van der Waals surface area contributed by atoms with Gasteiger partial charge in [-0.1, -0.05) is 26.2 Å². The van der Waals surface area contributed by atoms with E-state index < -0.39 is 5.97 Å². The first kappa shape index (κ1) is 15.1. The standard InChI is InChI=1S/C15H26N2O3/c1-10-5-3-2-4-6-12(10)16-15(20)17-13(9-14(18)19)11-7-8-11/h10-13H,2-9H2,1H3,(H,18,19)(H2,16,17,20). The minimum absolute atomic E-state index is 0.0261. The van der Waals surface area contributed by atoms with E-state index in [0.29, 0.717) is 11.8 Å². The topological polar surface area (TPSA) is 78.4 Å². The smallest absolute Gasteiger partial charge is 0.315 e. The molecule has 2 fully saturated rings. The number of urea groups is 1. The quantitative estimate of drug-likeness (QED) is 0.678. The summed E-state index contributed by atoms with van der Waals surface area (Å²) in [6.45, 7) is 2.19. The first-order valence-corrected chi connectivity index (χ1v) is 7.85. The van der Waals surface area contributed by atoms with Gasteiger partial charge in [-0.05, 0) is 37.5 Å². The Kier molecular flexibility index (Phi) is 5.26. The van der Waals surface area contributed by atoms with E-state index >= 15 is 0 Å². The van der Waals surface area contributed by atoms with Crippen molar-refractivity contribution in [3.8, 4) is 0 Å². The highest BCUT2D eigenvalue weighted by Gasteiger charge is 2.34. The van der Waals surface area contributed by atoms with Gasteiger partial charge in [-0.2, -0.15) is 0 Å². The Morgan fingerprint density at radius 1 is 1.15 bits per heavy atom. The van der Waals surface area contributed by atoms with Gasteiger partial charge in [-0.25, -0.2) is 4.79 Å². The number of aliphatic carboxylic acids is 1. The molecule has 2 rings (SSSR count). The van der Waals surface area contributed by atoms with Gasteiger partial charge in [0, 0.05) is 12.1 Å². The third-order valence-electron chi connectivity index (χ3n) is 4.58. The molecule has 0 radical (unpaired) electrons. The number of nitrogens with one attached hydrogen (secondary N) is 2. The zero-order chi connectivity index (χ0) is 14.5. The molecule has 5 heteroatoms. The molecule has 2 aliphatic rings. The van der Waals surface area contributed by atoms with E-state index in [1.807, 2.05) is 0 Å². The summed E-state index contributed by atoms with van der Waals surface area (Å²) in [7, 11) is 0. The second kappa shape index (κ2) is 6.95. The number of carboxylic acids is 1. The van der Waals surface area contributed by atoms with Crippen molar-refractivity contribution >= 4 is 12.0 Å². The highest BCUT2D eigenvalue weighted by molar-refractivity contribution is 5.76. The van der Waals surface area contributed by atoms with Crippen LogP contribution in [0.1, 0.15) is 58.3 Å². The molecule has 0 aromatic rings. The molecule has 3 unspecified atom stereocenters. The normalized spacial score (nSPS) is 28.2. The van der Waals surface area contributed by atoms with E-state index in [1.54, 1.807) is 0 Å². The van der Waals surface area contributed by atoms with Gasteiger partial charge in [0.15, 0.2) is 0 Å². The lowest BCUT2D eigenvalue weighted by atomic mass is 9.97. The molecule has 2 amide bonds. The molecule has 0 saturated heterocycles. The predicted molar refractivity (Wildman–Crippen MR) is 76.5 cm³/mol. The highest BCUT2D eigenvalue weighted by Crippen LogP contribution is 2.34. The average Bonchev–Trinajstić information content (AvgIpc) is 3.18. The summed E-state index contributed by atoms with van der Waals surface area (Å²) in [5.74, 6) is 0.00976. The fourth-order valence-corrected chi connectivity index (χ4v) is 3.11. The molecule has 2 saturated carbocycles. The zero-order valence-electron chi connectivity index (χ0n) is 12.2. The van der Waals surface area contributed by atoms with E-state index in [0.717, 1.165) is 32.1 Å². The molecule has 0 aromatic carbocycles. The van der Waals surface area contributed by atoms with Gasteiger partial charge in [0.25, 0.3) is 0 Å². The maximum absolute atomic E-state index is 12.1. The number of rotatable bonds is 5. The SMILES string of the molecule is CC1CCCCCC1NC(=O)NC(CC(=O)O)C1CC1. The van der Waals surface area contributed by atoms with Crippen molar-refractivity contribution in [2.24, 2.45) is 11.8 Å². The van der Waals surface area contributed by atoms with E-state index in [4.69, 9.17) is 5.11 Å². The lowest BCUT2D eigenvalue weighted by molar-refractivity contribution is -0.137. The second-order valence-electron chi connectivity index (χ2n) is 6.38. The Labute approximate surface area is 120 Å². The summed E-state index contributed by atoms with van der Waals surface area (Å²) in [6, 6.07) is -0.183. The van der Waals surface area contributed by atoms with E-state index in [9.17, 15) is 9.59 Å². The third-order valence-corrected chi connectivity index (χ3v) is 4.58. The summed E-state index contributed by atoms with van der Waals surface area (Å²) in [5, 5.41) is 14.8. The summed E-state index contributed by atoms with van der Waals surface area (Å²) >= 11 is 0. The summed E-state index contributed by atoms with van der Waals surface area (Å²) in [5.41, 5.74) is 0. The van der Waals surface area contributed by atoms with E-state index in [1.165, 1.54) is 12.8 Å². The molecule has 2 aliphatic carbocycles. The van der Waals surface area contributed by atoms with Crippen molar-refractivity contribution in [3.63, 3.8) is 0 Å². The Balaban J connectivity index is 1.81. The molecule has 3 N–H and O–H groups in total. The fraction of sp³-hybridized carbons (Fsp3) is 0.867. The first-order chi connectivity index (χ1) is 9.56. The van der Waals surface area contributed by atoms with Crippen molar-refractivity contribution in [1.29, 1.82) is 0 Å². The minimum atomic E-state index is -0.843. The van der Waals surface area contributed by atoms with Gasteiger partial charge >= 0.3 is 12.0 Å². The number of hydrogen-bond acceptors (Lipinski definition) is 2. The van der Waals surface area contributed by atoms with Crippen LogP contribution < -0.4 is 10.6 Å². The highest BCUT2D eigenvalue weighted by atomic mass is 16.4. The van der Waals surface area contributed by atoms with Crippen molar-refractivity contribution in [3.05, 3.63) is 0 Å². The fourth-order valence-electron chi connectivity index (χ4n) is 3.11. The van der Waals surface area contributed by atoms with Crippen molar-refractivity contribution in [2.75, 3.05) is 0 Å². The monoisotopic (exact) mass is 282 g/mol. The maximum atomic E-state index is 12.1. The van der Waals surface area contributed by atoms with Crippen LogP contribution in [0.4, 0.5) is 4.79 Å². The summed E-state index contributed by atoms with van der Waals surface area (Å²) in [4.78, 5) is 22.9. The molecular formula is C15H26N2O3. The van der Waals surface area contributed by atoms with Crippen LogP contribution >= 0.6 is 0 Å². The average molecular weight is 282 g/mol. The maximum Gasteiger partial charge on any atom is 0.315 e. The van der Waals surface area contributed by atoms with Crippen molar-refractivity contribution in [1.82, 2.24) is 10.6 Å². The Bertz CT molecular complexity index is 355. The Morgan fingerprint density at radius 3 is 2.50 bits per heavy atom. The summed E-state index contributed by atoms with van der Waals surface area (Å²) in [6.07, 6.45) is 7.91. The zero-order valence-corrected chi connectivity index (χ0v) is 12.2. The molecule has 3 atom stereocenters. The molecule has 5 nitrogen and oxygen atoms in total. The lowest BCUT2D eigenvalue weighted by Gasteiger charge is -2.25. The first-order valence-electron chi connectivity index (χ1n) is 7.85. The number of carboxylic acid groups (broad SMARTS) is 1. The molecule has 0 spiro atoms. The minimum Gasteiger partial charge on any atom is -0.481 e. The number of carbonyl (C=O) groups excluding carboxylic acids is 1. The van der Waals surface area contributed by atoms with Crippen LogP contribution in [0, 0.1) is 11.8 Å². The third kappa shape index (κ3) is 4.69. The molecule has 0 bridgehead atoms. The lowest BCUT2D eigenvalue weighted by Crippen LogP contribution is -2.49. The van der Waals surface area contributed by atoms with Crippen molar-refractivity contribution < 1.29 is 14.7 Å². The van der Waals surface area contributed by atoms with E-state index in [-0.39, 0.29) is 24.5 Å². The van der Waals surface area contributed by atoms with Crippen LogP contribution in [0.2, 0.25) is 0 Å². The largest absolute Gasteiger partial charge is 0.481 e. The number of hydrogen-bond donors (Lipinski definition) is 3. The Morgan fingerprint density at radius 2 is 1.85 bits per heavy atom. The van der Waals surface area contributed by atoms with Crippen LogP contribution in [0.3, 0.4) is 0 Å².